The number of urea groups is 1. The van der Waals surface area contributed by atoms with Gasteiger partial charge in [0.1, 0.15) is 5.75 Å². The van der Waals surface area contributed by atoms with E-state index in [9.17, 15) is 4.79 Å². The van der Waals surface area contributed by atoms with Gasteiger partial charge in [0, 0.05) is 16.3 Å². The minimum atomic E-state index is -0.0919. The number of benzene rings is 2. The van der Waals surface area contributed by atoms with Gasteiger partial charge >= 0.3 is 6.03 Å². The number of anilines is 1. The highest BCUT2D eigenvalue weighted by molar-refractivity contribution is 7.12. The summed E-state index contributed by atoms with van der Waals surface area (Å²) in [4.78, 5) is 18.1. The molecule has 1 aliphatic heterocycles. The number of carbonyl (C=O) groups is 1. The van der Waals surface area contributed by atoms with Gasteiger partial charge < -0.3 is 15.0 Å². The second kappa shape index (κ2) is 8.92. The number of amides is 2. The number of hydrogen-bond acceptors (Lipinski definition) is 3. The van der Waals surface area contributed by atoms with Crippen molar-refractivity contribution in [2.24, 2.45) is 0 Å². The maximum Gasteiger partial charge on any atom is 0.322 e. The molecule has 2 aromatic carbocycles. The second-order valence-corrected chi connectivity index (χ2v) is 8.71. The highest BCUT2D eigenvalue weighted by atomic mass is 32.1. The van der Waals surface area contributed by atoms with Crippen molar-refractivity contribution in [1.82, 2.24) is 4.90 Å². The molecule has 1 N–H and O–H groups in total. The molecular formula is C25H28N2O2S. The topological polar surface area (TPSA) is 41.6 Å². The molecule has 3 aromatic rings. The summed E-state index contributed by atoms with van der Waals surface area (Å²) in [7, 11) is 0. The third-order valence-electron chi connectivity index (χ3n) is 5.67. The lowest BCUT2D eigenvalue weighted by molar-refractivity contribution is 0.195. The van der Waals surface area contributed by atoms with Gasteiger partial charge in [0.25, 0.3) is 0 Å². The van der Waals surface area contributed by atoms with Gasteiger partial charge in [-0.3, -0.25) is 0 Å². The molecule has 1 atom stereocenters. The summed E-state index contributed by atoms with van der Waals surface area (Å²) in [6, 6.07) is 17.8. The first-order valence-corrected chi connectivity index (χ1v) is 11.4. The van der Waals surface area contributed by atoms with Crippen LogP contribution in [0.25, 0.3) is 0 Å². The van der Waals surface area contributed by atoms with Crippen LogP contribution < -0.4 is 10.1 Å². The quantitative estimate of drug-likeness (QED) is 0.534. The molecule has 4 rings (SSSR count). The van der Waals surface area contributed by atoms with Crippen molar-refractivity contribution in [3.63, 3.8) is 0 Å². The van der Waals surface area contributed by atoms with Crippen LogP contribution in [0.1, 0.15) is 46.3 Å². The molecule has 0 fully saturated rings. The Morgan fingerprint density at radius 2 is 1.87 bits per heavy atom. The minimum absolute atomic E-state index is 0.0711. The zero-order chi connectivity index (χ0) is 21.1. The normalized spacial score (nSPS) is 15.6. The molecule has 0 radical (unpaired) electrons. The number of thiophene rings is 1. The maximum absolute atomic E-state index is 13.4. The van der Waals surface area contributed by atoms with Gasteiger partial charge in [0.15, 0.2) is 0 Å². The summed E-state index contributed by atoms with van der Waals surface area (Å²) in [5.41, 5.74) is 4.75. The fraction of sp³-hybridized carbons (Fsp3) is 0.320. The molecule has 0 saturated carbocycles. The molecule has 30 heavy (non-hydrogen) atoms. The average Bonchev–Trinajstić information content (AvgIpc) is 3.10. The van der Waals surface area contributed by atoms with E-state index in [1.165, 1.54) is 20.9 Å². The van der Waals surface area contributed by atoms with Crippen LogP contribution in [0.4, 0.5) is 10.5 Å². The van der Waals surface area contributed by atoms with Gasteiger partial charge in [-0.2, -0.15) is 0 Å². The first kappa shape index (κ1) is 20.5. The Bertz CT molecular complexity index is 1030. The van der Waals surface area contributed by atoms with Crippen molar-refractivity contribution in [2.75, 3.05) is 18.5 Å². The number of para-hydroxylation sites is 2. The first-order chi connectivity index (χ1) is 14.6. The number of fused-ring (bicyclic) bond motifs is 1. The Morgan fingerprint density at radius 1 is 1.13 bits per heavy atom. The Kier molecular flexibility index (Phi) is 6.09. The first-order valence-electron chi connectivity index (χ1n) is 10.6. The molecule has 2 amide bonds. The fourth-order valence-electron chi connectivity index (χ4n) is 4.33. The van der Waals surface area contributed by atoms with E-state index in [-0.39, 0.29) is 12.1 Å². The van der Waals surface area contributed by atoms with Crippen molar-refractivity contribution in [1.29, 1.82) is 0 Å². The third kappa shape index (κ3) is 3.82. The van der Waals surface area contributed by atoms with Gasteiger partial charge in [-0.1, -0.05) is 49.4 Å². The van der Waals surface area contributed by atoms with Crippen LogP contribution in [0.2, 0.25) is 0 Å². The van der Waals surface area contributed by atoms with Crippen LogP contribution in [-0.4, -0.2) is 24.1 Å². The second-order valence-electron chi connectivity index (χ2n) is 7.45. The van der Waals surface area contributed by atoms with Crippen LogP contribution >= 0.6 is 11.3 Å². The molecule has 5 heteroatoms. The summed E-state index contributed by atoms with van der Waals surface area (Å²) in [6.07, 6.45) is 1.93. The van der Waals surface area contributed by atoms with Crippen LogP contribution in [0.15, 0.2) is 54.6 Å². The molecule has 0 unspecified atom stereocenters. The monoisotopic (exact) mass is 420 g/mol. The van der Waals surface area contributed by atoms with Gasteiger partial charge in [-0.25, -0.2) is 4.79 Å². The van der Waals surface area contributed by atoms with Gasteiger partial charge in [-0.05, 0) is 55.5 Å². The van der Waals surface area contributed by atoms with Crippen molar-refractivity contribution in [3.05, 3.63) is 81.0 Å². The lowest BCUT2D eigenvalue weighted by Gasteiger charge is -2.36. The average molecular weight is 421 g/mol. The van der Waals surface area contributed by atoms with E-state index in [2.05, 4.69) is 31.3 Å². The maximum atomic E-state index is 13.4. The van der Waals surface area contributed by atoms with Crippen molar-refractivity contribution in [3.8, 4) is 5.75 Å². The Labute approximate surface area is 182 Å². The third-order valence-corrected chi connectivity index (χ3v) is 6.91. The number of rotatable bonds is 5. The molecule has 1 aliphatic rings. The number of ether oxygens (including phenoxy) is 1. The number of nitrogens with one attached hydrogen (secondary N) is 1. The van der Waals surface area contributed by atoms with Crippen LogP contribution in [0.5, 0.6) is 5.75 Å². The molecule has 0 saturated heterocycles. The number of hydrogen-bond donors (Lipinski definition) is 1. The number of nitrogens with zero attached hydrogens (tertiary/aromatic N) is 1. The Balaban J connectivity index is 1.71. The van der Waals surface area contributed by atoms with Gasteiger partial charge in [0.2, 0.25) is 0 Å². The van der Waals surface area contributed by atoms with Crippen LogP contribution in [0, 0.1) is 6.92 Å². The molecule has 156 valence electrons. The summed E-state index contributed by atoms with van der Waals surface area (Å²) < 4.78 is 5.70. The van der Waals surface area contributed by atoms with Gasteiger partial charge in [0.05, 0.1) is 18.3 Å². The molecular weight excluding hydrogens is 392 g/mol. The van der Waals surface area contributed by atoms with Crippen LogP contribution in [-0.2, 0) is 12.8 Å². The van der Waals surface area contributed by atoms with E-state index in [0.717, 1.165) is 18.4 Å². The lowest BCUT2D eigenvalue weighted by Crippen LogP contribution is -2.42. The number of carbonyl (C=O) groups excluding carboxylic acids is 1. The van der Waals surface area contributed by atoms with Crippen LogP contribution in [0.3, 0.4) is 0 Å². The van der Waals surface area contributed by atoms with E-state index in [0.29, 0.717) is 24.6 Å². The van der Waals surface area contributed by atoms with Crippen molar-refractivity contribution >= 4 is 23.1 Å². The van der Waals surface area contributed by atoms with E-state index in [1.807, 2.05) is 65.6 Å². The van der Waals surface area contributed by atoms with E-state index in [4.69, 9.17) is 4.74 Å². The molecule has 2 heterocycles. The standard InChI is InChI=1S/C25H28N2O2S/c1-4-19-17(3)30-24-20(19)15-16-27(23(24)18-11-7-6-8-12-18)25(28)26-21-13-9-10-14-22(21)29-5-2/h6-14,23H,4-5,15-16H2,1-3H3,(H,26,28)/t23-/m1/s1. The summed E-state index contributed by atoms with van der Waals surface area (Å²) in [5.74, 6) is 0.697. The molecule has 0 spiro atoms. The van der Waals surface area contributed by atoms with E-state index < -0.39 is 0 Å². The largest absolute Gasteiger partial charge is 0.492 e. The Hall–Kier alpha value is -2.79. The molecule has 4 nitrogen and oxygen atoms in total. The summed E-state index contributed by atoms with van der Waals surface area (Å²) in [5, 5.41) is 3.10. The predicted octanol–water partition coefficient (Wildman–Crippen LogP) is 6.20. The smallest absolute Gasteiger partial charge is 0.322 e. The van der Waals surface area contributed by atoms with E-state index >= 15 is 0 Å². The summed E-state index contributed by atoms with van der Waals surface area (Å²) in [6.45, 7) is 7.61. The molecule has 0 aliphatic carbocycles. The molecule has 1 aromatic heterocycles. The lowest BCUT2D eigenvalue weighted by atomic mass is 9.92. The fourth-order valence-corrected chi connectivity index (χ4v) is 5.78. The van der Waals surface area contributed by atoms with Gasteiger partial charge in [-0.15, -0.1) is 11.3 Å². The van der Waals surface area contributed by atoms with Crippen molar-refractivity contribution < 1.29 is 9.53 Å². The van der Waals surface area contributed by atoms with E-state index in [1.54, 1.807) is 0 Å². The SMILES string of the molecule is CCOc1ccccc1NC(=O)N1CCc2c(sc(C)c2CC)[C@H]1c1ccccc1. The van der Waals surface area contributed by atoms with Crippen molar-refractivity contribution in [2.45, 2.75) is 39.7 Å². The zero-order valence-electron chi connectivity index (χ0n) is 17.8. The Morgan fingerprint density at radius 3 is 2.60 bits per heavy atom. The highest BCUT2D eigenvalue weighted by Crippen LogP contribution is 2.43. The highest BCUT2D eigenvalue weighted by Gasteiger charge is 2.35. The predicted molar refractivity (Wildman–Crippen MR) is 124 cm³/mol. The zero-order valence-corrected chi connectivity index (χ0v) is 18.6. The number of aryl methyl sites for hydroxylation is 1. The summed E-state index contributed by atoms with van der Waals surface area (Å²) >= 11 is 1.84. The minimum Gasteiger partial charge on any atom is -0.492 e. The molecule has 0 bridgehead atoms.